The maximum absolute atomic E-state index is 13.2. The average molecular weight is 448 g/mol. The number of aliphatic carboxylic acids is 1. The van der Waals surface area contributed by atoms with Crippen LogP contribution in [0.15, 0.2) is 22.9 Å². The molecule has 1 amide bonds. The fraction of sp³-hybridized carbons (Fsp3) is 0.667. The van der Waals surface area contributed by atoms with Gasteiger partial charge in [-0.3, -0.25) is 9.59 Å². The number of halogens is 1. The molecule has 3 saturated carbocycles. The monoisotopic (exact) mass is 447 g/mol. The van der Waals surface area contributed by atoms with Gasteiger partial charge in [-0.25, -0.2) is 4.98 Å². The lowest BCUT2D eigenvalue weighted by Gasteiger charge is -2.27. The number of nitrogens with one attached hydrogen (secondary N) is 2. The van der Waals surface area contributed by atoms with Crippen LogP contribution in [0.5, 0.6) is 0 Å². The van der Waals surface area contributed by atoms with E-state index in [4.69, 9.17) is 0 Å². The predicted octanol–water partition coefficient (Wildman–Crippen LogP) is 3.15. The minimum absolute atomic E-state index is 0.102. The average Bonchev–Trinajstić information content (AvgIpc) is 3.27. The maximum Gasteiger partial charge on any atom is 0.307 e. The van der Waals surface area contributed by atoms with Gasteiger partial charge >= 0.3 is 5.97 Å². The molecule has 0 aromatic carbocycles. The summed E-state index contributed by atoms with van der Waals surface area (Å²) in [5, 5.41) is 16.4. The number of hydrogen-bond donors (Lipinski definition) is 3. The summed E-state index contributed by atoms with van der Waals surface area (Å²) in [7, 11) is 0. The summed E-state index contributed by atoms with van der Waals surface area (Å²) < 4.78 is 0.704. The molecule has 2 bridgehead atoms. The largest absolute Gasteiger partial charge is 0.481 e. The third-order valence-corrected chi connectivity index (χ3v) is 8.53. The highest BCUT2D eigenvalue weighted by Gasteiger charge is 2.76. The van der Waals surface area contributed by atoms with Gasteiger partial charge < -0.3 is 15.7 Å². The lowest BCUT2D eigenvalue weighted by molar-refractivity contribution is -0.148. The number of hydrogen-bond acceptors (Lipinski definition) is 4. The molecule has 4 aliphatic rings. The van der Waals surface area contributed by atoms with Crippen molar-refractivity contribution in [3.05, 3.63) is 22.9 Å². The number of carbonyl (C=O) groups is 2. The summed E-state index contributed by atoms with van der Waals surface area (Å²) >= 11 is 3.29. The van der Waals surface area contributed by atoms with Crippen LogP contribution in [0.1, 0.15) is 32.1 Å². The number of nitrogens with zero attached hydrogens (tertiary/aromatic N) is 1. The number of carboxylic acid groups (broad SMARTS) is 1. The number of carbonyl (C=O) groups excluding carboxylic acids is 1. The van der Waals surface area contributed by atoms with Crippen LogP contribution in [0.2, 0.25) is 0 Å². The van der Waals surface area contributed by atoms with Crippen molar-refractivity contribution in [2.24, 2.45) is 40.9 Å². The third-order valence-electron chi connectivity index (χ3n) is 8.06. The van der Waals surface area contributed by atoms with Crippen molar-refractivity contribution in [1.29, 1.82) is 0 Å². The maximum atomic E-state index is 13.2. The summed E-state index contributed by atoms with van der Waals surface area (Å²) in [4.78, 5) is 29.5. The predicted molar refractivity (Wildman–Crippen MR) is 108 cm³/mol. The Morgan fingerprint density at radius 1 is 1.11 bits per heavy atom. The Morgan fingerprint density at radius 2 is 1.82 bits per heavy atom. The van der Waals surface area contributed by atoms with E-state index >= 15 is 0 Å². The van der Waals surface area contributed by atoms with Gasteiger partial charge in [-0.05, 0) is 102 Å². The summed E-state index contributed by atoms with van der Waals surface area (Å²) in [6.07, 6.45) is 7.06. The first-order valence-electron chi connectivity index (χ1n) is 10.4. The highest BCUT2D eigenvalue weighted by molar-refractivity contribution is 9.10. The zero-order valence-corrected chi connectivity index (χ0v) is 17.3. The summed E-state index contributed by atoms with van der Waals surface area (Å²) in [5.74, 6) is -0.232. The Labute approximate surface area is 173 Å². The van der Waals surface area contributed by atoms with E-state index in [-0.39, 0.29) is 23.2 Å². The fourth-order valence-corrected chi connectivity index (χ4v) is 7.31. The molecule has 2 heterocycles. The van der Waals surface area contributed by atoms with Gasteiger partial charge in [0.1, 0.15) is 4.60 Å². The molecule has 3 aliphatic carbocycles. The van der Waals surface area contributed by atoms with E-state index in [1.807, 2.05) is 0 Å². The lowest BCUT2D eigenvalue weighted by Crippen LogP contribution is -2.37. The summed E-state index contributed by atoms with van der Waals surface area (Å²) in [6.45, 7) is 2.13. The molecule has 6 nitrogen and oxygen atoms in total. The molecule has 150 valence electrons. The van der Waals surface area contributed by atoms with Crippen LogP contribution in [-0.4, -0.2) is 35.1 Å². The molecule has 0 radical (unpaired) electrons. The second kappa shape index (κ2) is 6.80. The molecule has 4 fully saturated rings. The number of pyridine rings is 1. The molecule has 7 heteroatoms. The number of carboxylic acids is 1. The van der Waals surface area contributed by atoms with Gasteiger partial charge in [0.15, 0.2) is 0 Å². The number of aromatic nitrogens is 1. The molecule has 1 aromatic heterocycles. The molecule has 2 unspecified atom stereocenters. The Balaban J connectivity index is 1.39. The van der Waals surface area contributed by atoms with Gasteiger partial charge in [0.05, 0.1) is 23.7 Å². The van der Waals surface area contributed by atoms with Gasteiger partial charge in [-0.15, -0.1) is 0 Å². The number of anilines is 1. The van der Waals surface area contributed by atoms with Crippen LogP contribution in [0.3, 0.4) is 0 Å². The third kappa shape index (κ3) is 2.73. The van der Waals surface area contributed by atoms with E-state index in [1.54, 1.807) is 18.3 Å². The van der Waals surface area contributed by atoms with Crippen LogP contribution in [0.4, 0.5) is 5.69 Å². The molecule has 1 aromatic rings. The van der Waals surface area contributed by atoms with Crippen LogP contribution in [0, 0.1) is 40.9 Å². The van der Waals surface area contributed by atoms with E-state index < -0.39 is 17.8 Å². The SMILES string of the molecule is O=C(O)[C@H]1[C@H](C(=O)Nc2ccc(Br)nc2)[C@@H]2CC[C@H]1C21CC1C1CCNCC1. The van der Waals surface area contributed by atoms with Gasteiger partial charge in [-0.2, -0.15) is 0 Å². The van der Waals surface area contributed by atoms with Crippen LogP contribution >= 0.6 is 15.9 Å². The molecule has 5 rings (SSSR count). The zero-order valence-electron chi connectivity index (χ0n) is 15.7. The number of amides is 1. The van der Waals surface area contributed by atoms with Crippen molar-refractivity contribution in [3.8, 4) is 0 Å². The Bertz CT molecular complexity index is 795. The first kappa shape index (κ1) is 18.6. The number of rotatable bonds is 4. The van der Waals surface area contributed by atoms with Crippen molar-refractivity contribution in [2.75, 3.05) is 18.4 Å². The minimum atomic E-state index is -0.795. The van der Waals surface area contributed by atoms with E-state index in [0.29, 0.717) is 22.1 Å². The first-order valence-corrected chi connectivity index (χ1v) is 11.2. The van der Waals surface area contributed by atoms with Crippen molar-refractivity contribution in [2.45, 2.75) is 32.1 Å². The fourth-order valence-electron chi connectivity index (χ4n) is 7.07. The van der Waals surface area contributed by atoms with E-state index in [9.17, 15) is 14.7 Å². The second-order valence-electron chi connectivity index (χ2n) is 9.05. The Hall–Kier alpha value is -1.47. The quantitative estimate of drug-likeness (QED) is 0.616. The van der Waals surface area contributed by atoms with Gasteiger partial charge in [0, 0.05) is 0 Å². The smallest absolute Gasteiger partial charge is 0.307 e. The minimum Gasteiger partial charge on any atom is -0.481 e. The van der Waals surface area contributed by atoms with Crippen molar-refractivity contribution < 1.29 is 14.7 Å². The van der Waals surface area contributed by atoms with Crippen molar-refractivity contribution in [1.82, 2.24) is 10.3 Å². The van der Waals surface area contributed by atoms with E-state index in [1.165, 1.54) is 12.8 Å². The van der Waals surface area contributed by atoms with Gasteiger partial charge in [-0.1, -0.05) is 0 Å². The lowest BCUT2D eigenvalue weighted by atomic mass is 9.78. The van der Waals surface area contributed by atoms with E-state index in [0.717, 1.165) is 32.4 Å². The zero-order chi connectivity index (χ0) is 19.5. The Morgan fingerprint density at radius 3 is 2.46 bits per heavy atom. The van der Waals surface area contributed by atoms with Crippen LogP contribution in [-0.2, 0) is 9.59 Å². The normalized spacial score (nSPS) is 39.2. The number of piperidine rings is 1. The molecule has 6 atom stereocenters. The Kier molecular flexibility index (Phi) is 4.51. The first-order chi connectivity index (χ1) is 13.5. The molecule has 28 heavy (non-hydrogen) atoms. The molecular weight excluding hydrogens is 422 g/mol. The topological polar surface area (TPSA) is 91.3 Å². The molecule has 1 saturated heterocycles. The van der Waals surface area contributed by atoms with Crippen molar-refractivity contribution >= 4 is 33.5 Å². The highest BCUT2D eigenvalue weighted by Crippen LogP contribution is 2.79. The van der Waals surface area contributed by atoms with Crippen molar-refractivity contribution in [3.63, 3.8) is 0 Å². The summed E-state index contributed by atoms with van der Waals surface area (Å²) in [6, 6.07) is 3.57. The van der Waals surface area contributed by atoms with Gasteiger partial charge in [0.25, 0.3) is 0 Å². The molecule has 1 spiro atoms. The van der Waals surface area contributed by atoms with Crippen LogP contribution < -0.4 is 10.6 Å². The molecule has 3 N–H and O–H groups in total. The van der Waals surface area contributed by atoms with Gasteiger partial charge in [0.2, 0.25) is 5.91 Å². The second-order valence-corrected chi connectivity index (χ2v) is 9.86. The molecule has 1 aliphatic heterocycles. The van der Waals surface area contributed by atoms with Crippen LogP contribution in [0.25, 0.3) is 0 Å². The van der Waals surface area contributed by atoms with E-state index in [2.05, 4.69) is 31.5 Å². The highest BCUT2D eigenvalue weighted by atomic mass is 79.9. The molecular formula is C21H26BrN3O3. The summed E-state index contributed by atoms with van der Waals surface area (Å²) in [5.41, 5.74) is 0.727. The standard InChI is InChI=1S/C21H26BrN3O3/c22-16-4-1-12(10-24-16)25-19(26)17-13-2-3-14(18(17)20(27)28)21(13)9-15(21)11-5-7-23-8-6-11/h1,4,10-11,13-15,17-18,23H,2-3,5-9H2,(H,25,26)(H,27,28)/t13-,14+,15?,17+,18+,21?/m0/s1.